The molecule has 3 aromatic rings. The van der Waals surface area contributed by atoms with Gasteiger partial charge in [-0.3, -0.25) is 0 Å². The van der Waals surface area contributed by atoms with Crippen molar-refractivity contribution in [2.24, 2.45) is 0 Å². The Balaban J connectivity index is 2.08. The van der Waals surface area contributed by atoms with Gasteiger partial charge in [0.15, 0.2) is 5.65 Å². The molecule has 2 heterocycles. The number of halogens is 1. The fraction of sp³-hybridized carbons (Fsp3) is 0.312. The molecule has 0 saturated carbocycles. The van der Waals surface area contributed by atoms with Crippen LogP contribution in [0, 0.1) is 5.82 Å². The maximum Gasteiger partial charge on any atom is 0.168 e. The summed E-state index contributed by atoms with van der Waals surface area (Å²) in [6.07, 6.45) is 5.40. The zero-order valence-electron chi connectivity index (χ0n) is 12.7. The first-order valence-electron chi connectivity index (χ1n) is 7.37. The number of anilines is 1. The van der Waals surface area contributed by atoms with Gasteiger partial charge in [-0.15, -0.1) is 0 Å². The van der Waals surface area contributed by atoms with Crippen LogP contribution in [0.2, 0.25) is 0 Å². The van der Waals surface area contributed by atoms with Crippen LogP contribution in [0.1, 0.15) is 19.8 Å². The number of hydrogen-bond acceptors (Lipinski definition) is 4. The highest BCUT2D eigenvalue weighted by Gasteiger charge is 2.15. The van der Waals surface area contributed by atoms with E-state index in [-0.39, 0.29) is 5.82 Å². The minimum absolute atomic E-state index is 0.327. The van der Waals surface area contributed by atoms with Gasteiger partial charge in [-0.2, -0.15) is 5.10 Å². The van der Waals surface area contributed by atoms with Crippen LogP contribution in [-0.4, -0.2) is 33.3 Å². The quantitative estimate of drug-likeness (QED) is 0.726. The Morgan fingerprint density at radius 1 is 1.23 bits per heavy atom. The highest BCUT2D eigenvalue weighted by Crippen LogP contribution is 2.24. The highest BCUT2D eigenvalue weighted by molar-refractivity contribution is 5.87. The molecular weight excluding hydrogens is 281 g/mol. The first-order valence-corrected chi connectivity index (χ1v) is 7.37. The third kappa shape index (κ3) is 2.52. The molecular formula is C16H18FN5. The van der Waals surface area contributed by atoms with Crippen molar-refractivity contribution in [3.8, 4) is 5.69 Å². The van der Waals surface area contributed by atoms with E-state index in [0.29, 0.717) is 11.3 Å². The van der Waals surface area contributed by atoms with Gasteiger partial charge >= 0.3 is 0 Å². The predicted molar refractivity (Wildman–Crippen MR) is 84.8 cm³/mol. The smallest absolute Gasteiger partial charge is 0.168 e. The van der Waals surface area contributed by atoms with Crippen molar-refractivity contribution in [3.63, 3.8) is 0 Å². The molecule has 0 radical (unpaired) electrons. The minimum atomic E-state index is -0.327. The first kappa shape index (κ1) is 14.4. The number of nitrogens with zero attached hydrogens (tertiary/aromatic N) is 5. The van der Waals surface area contributed by atoms with E-state index in [2.05, 4.69) is 26.9 Å². The summed E-state index contributed by atoms with van der Waals surface area (Å²) in [6.45, 7) is 3.06. The molecule has 0 bridgehead atoms. The van der Waals surface area contributed by atoms with Crippen molar-refractivity contribution in [3.05, 3.63) is 42.6 Å². The summed E-state index contributed by atoms with van der Waals surface area (Å²) < 4.78 is 15.5. The Kier molecular flexibility index (Phi) is 4.00. The van der Waals surface area contributed by atoms with Crippen LogP contribution in [0.15, 0.2) is 36.8 Å². The highest BCUT2D eigenvalue weighted by atomic mass is 19.1. The van der Waals surface area contributed by atoms with Gasteiger partial charge in [-0.25, -0.2) is 19.0 Å². The normalized spacial score (nSPS) is 11.0. The molecule has 0 saturated heterocycles. The van der Waals surface area contributed by atoms with Crippen LogP contribution in [0.4, 0.5) is 10.2 Å². The van der Waals surface area contributed by atoms with Gasteiger partial charge in [0.2, 0.25) is 0 Å². The molecule has 0 aliphatic carbocycles. The Morgan fingerprint density at radius 2 is 2.05 bits per heavy atom. The first-order chi connectivity index (χ1) is 10.7. The summed E-state index contributed by atoms with van der Waals surface area (Å²) >= 11 is 0. The number of fused-ring (bicyclic) bond motifs is 1. The van der Waals surface area contributed by atoms with Gasteiger partial charge in [0.25, 0.3) is 0 Å². The lowest BCUT2D eigenvalue weighted by molar-refractivity contribution is 0.612. The van der Waals surface area contributed by atoms with Gasteiger partial charge < -0.3 is 4.90 Å². The molecule has 0 N–H and O–H groups in total. The molecule has 22 heavy (non-hydrogen) atoms. The van der Waals surface area contributed by atoms with Crippen LogP contribution in [0.3, 0.4) is 0 Å². The Morgan fingerprint density at radius 3 is 2.82 bits per heavy atom. The lowest BCUT2D eigenvalue weighted by atomic mass is 10.3. The van der Waals surface area contributed by atoms with E-state index in [1.807, 2.05) is 7.05 Å². The number of rotatable bonds is 5. The molecule has 5 nitrogen and oxygen atoms in total. The van der Waals surface area contributed by atoms with Gasteiger partial charge in [0, 0.05) is 13.6 Å². The number of hydrogen-bond donors (Lipinski definition) is 0. The fourth-order valence-electron chi connectivity index (χ4n) is 2.44. The van der Waals surface area contributed by atoms with E-state index in [9.17, 15) is 4.39 Å². The maximum atomic E-state index is 14.0. The van der Waals surface area contributed by atoms with E-state index in [1.54, 1.807) is 24.4 Å². The Labute approximate surface area is 128 Å². The zero-order chi connectivity index (χ0) is 15.5. The maximum absolute atomic E-state index is 14.0. The standard InChI is InChI=1S/C16H18FN5/c1-3-4-9-21(2)15-12-10-20-22(16(12)19-11-18-15)14-8-6-5-7-13(14)17/h5-8,10-11H,3-4,9H2,1-2H3. The molecule has 0 atom stereocenters. The van der Waals surface area contributed by atoms with Crippen LogP contribution in [0.25, 0.3) is 16.7 Å². The van der Waals surface area contributed by atoms with E-state index < -0.39 is 0 Å². The molecule has 0 aliphatic rings. The summed E-state index contributed by atoms with van der Waals surface area (Å²) in [5, 5.41) is 5.12. The monoisotopic (exact) mass is 299 g/mol. The lowest BCUT2D eigenvalue weighted by Crippen LogP contribution is -2.19. The minimum Gasteiger partial charge on any atom is -0.359 e. The van der Waals surface area contributed by atoms with Crippen molar-refractivity contribution in [1.29, 1.82) is 0 Å². The van der Waals surface area contributed by atoms with E-state index >= 15 is 0 Å². The second kappa shape index (κ2) is 6.09. The van der Waals surface area contributed by atoms with Gasteiger partial charge in [-0.1, -0.05) is 25.5 Å². The summed E-state index contributed by atoms with van der Waals surface area (Å²) in [5.74, 6) is 0.494. The molecule has 3 rings (SSSR count). The van der Waals surface area contributed by atoms with E-state index in [1.165, 1.54) is 17.1 Å². The van der Waals surface area contributed by atoms with Crippen LogP contribution >= 0.6 is 0 Å². The van der Waals surface area contributed by atoms with Crippen molar-refractivity contribution >= 4 is 16.9 Å². The van der Waals surface area contributed by atoms with Gasteiger partial charge in [-0.05, 0) is 18.6 Å². The van der Waals surface area contributed by atoms with Crippen LogP contribution < -0.4 is 4.90 Å². The molecule has 6 heteroatoms. The third-order valence-electron chi connectivity index (χ3n) is 3.63. The average molecular weight is 299 g/mol. The second-order valence-electron chi connectivity index (χ2n) is 5.22. The third-order valence-corrected chi connectivity index (χ3v) is 3.63. The fourth-order valence-corrected chi connectivity index (χ4v) is 2.44. The largest absolute Gasteiger partial charge is 0.359 e. The molecule has 114 valence electrons. The lowest BCUT2D eigenvalue weighted by Gasteiger charge is -2.18. The summed E-state index contributed by atoms with van der Waals surface area (Å²) in [5.41, 5.74) is 0.997. The van der Waals surface area contributed by atoms with Crippen molar-refractivity contribution < 1.29 is 4.39 Å². The van der Waals surface area contributed by atoms with Gasteiger partial charge in [0.1, 0.15) is 23.6 Å². The van der Waals surface area contributed by atoms with Crippen LogP contribution in [-0.2, 0) is 0 Å². The van der Waals surface area contributed by atoms with Crippen molar-refractivity contribution in [2.45, 2.75) is 19.8 Å². The molecule has 0 amide bonds. The molecule has 0 spiro atoms. The zero-order valence-corrected chi connectivity index (χ0v) is 12.7. The molecule has 0 fully saturated rings. The van der Waals surface area contributed by atoms with Crippen molar-refractivity contribution in [2.75, 3.05) is 18.5 Å². The SMILES string of the molecule is CCCCN(C)c1ncnc2c1cnn2-c1ccccc1F. The molecule has 2 aromatic heterocycles. The summed E-state index contributed by atoms with van der Waals surface area (Å²) in [6, 6.07) is 6.54. The molecule has 0 unspecified atom stereocenters. The van der Waals surface area contributed by atoms with E-state index in [0.717, 1.165) is 30.6 Å². The van der Waals surface area contributed by atoms with Crippen molar-refractivity contribution in [1.82, 2.24) is 19.7 Å². The summed E-state index contributed by atoms with van der Waals surface area (Å²) in [7, 11) is 2.00. The van der Waals surface area contributed by atoms with E-state index in [4.69, 9.17) is 0 Å². The Bertz CT molecular complexity index is 783. The average Bonchev–Trinajstić information content (AvgIpc) is 2.97. The molecule has 0 aliphatic heterocycles. The number of benzene rings is 1. The second-order valence-corrected chi connectivity index (χ2v) is 5.22. The number of unbranched alkanes of at least 4 members (excludes halogenated alkanes) is 1. The topological polar surface area (TPSA) is 46.8 Å². The Hall–Kier alpha value is -2.50. The molecule has 1 aromatic carbocycles. The predicted octanol–water partition coefficient (Wildman–Crippen LogP) is 3.19. The summed E-state index contributed by atoms with van der Waals surface area (Å²) in [4.78, 5) is 10.7. The van der Waals surface area contributed by atoms with Gasteiger partial charge in [0.05, 0.1) is 11.6 Å². The van der Waals surface area contributed by atoms with Crippen LogP contribution in [0.5, 0.6) is 0 Å². The number of para-hydroxylation sites is 1. The number of aromatic nitrogens is 4.